The molecule has 0 unspecified atom stereocenters. The van der Waals surface area contributed by atoms with Crippen molar-refractivity contribution in [1.29, 1.82) is 0 Å². The standard InChI is InChI=1S/C14H23N5O2S/c1-2-19-13(18-5-7-21-8-6-18)16-17-14(19)22-10-12(20)15-9-11-3-4-11/h11H,2-10H2,1H3,(H,15,20). The van der Waals surface area contributed by atoms with Crippen LogP contribution in [-0.2, 0) is 16.1 Å². The highest BCUT2D eigenvalue weighted by Crippen LogP contribution is 2.27. The molecule has 0 bridgehead atoms. The second-order valence-corrected chi connectivity index (χ2v) is 6.60. The van der Waals surface area contributed by atoms with Crippen molar-refractivity contribution in [3.05, 3.63) is 0 Å². The van der Waals surface area contributed by atoms with Gasteiger partial charge < -0.3 is 15.0 Å². The molecule has 2 aliphatic rings. The van der Waals surface area contributed by atoms with Gasteiger partial charge in [0.2, 0.25) is 11.9 Å². The van der Waals surface area contributed by atoms with Gasteiger partial charge in [-0.25, -0.2) is 0 Å². The van der Waals surface area contributed by atoms with Gasteiger partial charge in [0.1, 0.15) is 0 Å². The van der Waals surface area contributed by atoms with Crippen LogP contribution in [0.25, 0.3) is 0 Å². The predicted octanol–water partition coefficient (Wildman–Crippen LogP) is 0.753. The third-order valence-corrected chi connectivity index (χ3v) is 4.89. The van der Waals surface area contributed by atoms with Crippen molar-refractivity contribution in [3.8, 4) is 0 Å². The van der Waals surface area contributed by atoms with E-state index in [1.165, 1.54) is 24.6 Å². The highest BCUT2D eigenvalue weighted by Gasteiger charge is 2.22. The lowest BCUT2D eigenvalue weighted by atomic mass is 10.4. The summed E-state index contributed by atoms with van der Waals surface area (Å²) in [6.07, 6.45) is 2.50. The van der Waals surface area contributed by atoms with E-state index in [1.54, 1.807) is 0 Å². The number of hydrogen-bond acceptors (Lipinski definition) is 6. The summed E-state index contributed by atoms with van der Waals surface area (Å²) >= 11 is 1.46. The molecule has 0 atom stereocenters. The quantitative estimate of drug-likeness (QED) is 0.746. The summed E-state index contributed by atoms with van der Waals surface area (Å²) < 4.78 is 7.45. The molecule has 122 valence electrons. The minimum Gasteiger partial charge on any atom is -0.378 e. The van der Waals surface area contributed by atoms with Crippen molar-refractivity contribution in [2.75, 3.05) is 43.5 Å². The number of aromatic nitrogens is 3. The van der Waals surface area contributed by atoms with Gasteiger partial charge in [-0.15, -0.1) is 10.2 Å². The van der Waals surface area contributed by atoms with E-state index in [-0.39, 0.29) is 5.91 Å². The average Bonchev–Trinajstić information content (AvgIpc) is 3.29. The Balaban J connectivity index is 1.55. The maximum atomic E-state index is 11.8. The number of nitrogens with one attached hydrogen (secondary N) is 1. The number of anilines is 1. The Morgan fingerprint density at radius 3 is 2.82 bits per heavy atom. The number of morpholine rings is 1. The van der Waals surface area contributed by atoms with E-state index < -0.39 is 0 Å². The van der Waals surface area contributed by atoms with Crippen LogP contribution in [0.2, 0.25) is 0 Å². The zero-order chi connectivity index (χ0) is 15.4. The van der Waals surface area contributed by atoms with E-state index in [4.69, 9.17) is 4.74 Å². The molecule has 1 aliphatic carbocycles. The molecule has 1 aromatic rings. The van der Waals surface area contributed by atoms with Crippen molar-refractivity contribution >= 4 is 23.6 Å². The fourth-order valence-corrected chi connectivity index (χ4v) is 3.25. The first-order valence-corrected chi connectivity index (χ1v) is 8.92. The number of rotatable bonds is 7. The van der Waals surface area contributed by atoms with Crippen molar-refractivity contribution in [1.82, 2.24) is 20.1 Å². The van der Waals surface area contributed by atoms with Gasteiger partial charge in [0.05, 0.1) is 19.0 Å². The monoisotopic (exact) mass is 325 g/mol. The molecule has 0 radical (unpaired) electrons. The highest BCUT2D eigenvalue weighted by molar-refractivity contribution is 7.99. The Morgan fingerprint density at radius 1 is 1.36 bits per heavy atom. The van der Waals surface area contributed by atoms with Crippen LogP contribution in [0.3, 0.4) is 0 Å². The summed E-state index contributed by atoms with van der Waals surface area (Å²) in [4.78, 5) is 14.0. The molecule has 1 N–H and O–H groups in total. The minimum atomic E-state index is 0.0791. The third kappa shape index (κ3) is 3.92. The number of ether oxygens (including phenoxy) is 1. The van der Waals surface area contributed by atoms with E-state index in [9.17, 15) is 4.79 Å². The lowest BCUT2D eigenvalue weighted by molar-refractivity contribution is -0.118. The first-order chi connectivity index (χ1) is 10.8. The van der Waals surface area contributed by atoms with Crippen molar-refractivity contribution in [2.24, 2.45) is 5.92 Å². The first-order valence-electron chi connectivity index (χ1n) is 7.93. The van der Waals surface area contributed by atoms with Crippen LogP contribution >= 0.6 is 11.8 Å². The Bertz CT molecular complexity index is 511. The van der Waals surface area contributed by atoms with Crippen LogP contribution < -0.4 is 10.2 Å². The lowest BCUT2D eigenvalue weighted by Crippen LogP contribution is -2.38. The topological polar surface area (TPSA) is 72.3 Å². The molecule has 1 amide bonds. The zero-order valence-electron chi connectivity index (χ0n) is 13.0. The molecule has 3 rings (SSSR count). The Labute approximate surface area is 134 Å². The Morgan fingerprint density at radius 2 is 2.14 bits per heavy atom. The molecule has 1 aliphatic heterocycles. The molecule has 1 aromatic heterocycles. The fraction of sp³-hybridized carbons (Fsp3) is 0.786. The van der Waals surface area contributed by atoms with Gasteiger partial charge in [0.25, 0.3) is 0 Å². The molecule has 22 heavy (non-hydrogen) atoms. The summed E-state index contributed by atoms with van der Waals surface area (Å²) in [5, 5.41) is 12.3. The summed E-state index contributed by atoms with van der Waals surface area (Å²) in [6.45, 7) is 6.82. The van der Waals surface area contributed by atoms with Crippen LogP contribution in [0.1, 0.15) is 19.8 Å². The number of thioether (sulfide) groups is 1. The van der Waals surface area contributed by atoms with Gasteiger partial charge in [-0.1, -0.05) is 11.8 Å². The van der Waals surface area contributed by atoms with Gasteiger partial charge >= 0.3 is 0 Å². The number of hydrogen-bond donors (Lipinski definition) is 1. The molecule has 1 saturated heterocycles. The maximum absolute atomic E-state index is 11.8. The van der Waals surface area contributed by atoms with Crippen molar-refractivity contribution in [2.45, 2.75) is 31.5 Å². The number of amides is 1. The molecule has 0 aromatic carbocycles. The number of nitrogens with zero attached hydrogens (tertiary/aromatic N) is 4. The van der Waals surface area contributed by atoms with E-state index >= 15 is 0 Å². The number of carbonyl (C=O) groups is 1. The summed E-state index contributed by atoms with van der Waals surface area (Å²) in [5.41, 5.74) is 0. The van der Waals surface area contributed by atoms with E-state index in [2.05, 4.69) is 31.9 Å². The second kappa shape index (κ2) is 7.32. The van der Waals surface area contributed by atoms with E-state index in [1.807, 2.05) is 0 Å². The zero-order valence-corrected chi connectivity index (χ0v) is 13.8. The van der Waals surface area contributed by atoms with E-state index in [0.717, 1.165) is 50.5 Å². The minimum absolute atomic E-state index is 0.0791. The number of carbonyl (C=O) groups excluding carboxylic acids is 1. The maximum Gasteiger partial charge on any atom is 0.230 e. The molecular formula is C14H23N5O2S. The van der Waals surface area contributed by atoms with E-state index in [0.29, 0.717) is 11.7 Å². The molecule has 2 heterocycles. The van der Waals surface area contributed by atoms with Gasteiger partial charge in [-0.05, 0) is 25.7 Å². The Hall–Kier alpha value is -1.28. The predicted molar refractivity (Wildman–Crippen MR) is 85.2 cm³/mol. The van der Waals surface area contributed by atoms with Gasteiger partial charge in [0.15, 0.2) is 5.16 Å². The molecular weight excluding hydrogens is 302 g/mol. The molecule has 7 nitrogen and oxygen atoms in total. The summed E-state index contributed by atoms with van der Waals surface area (Å²) in [7, 11) is 0. The average molecular weight is 325 g/mol. The summed E-state index contributed by atoms with van der Waals surface area (Å²) in [5.74, 6) is 2.07. The fourth-order valence-electron chi connectivity index (χ4n) is 2.42. The summed E-state index contributed by atoms with van der Waals surface area (Å²) in [6, 6.07) is 0. The van der Waals surface area contributed by atoms with Crippen molar-refractivity contribution in [3.63, 3.8) is 0 Å². The van der Waals surface area contributed by atoms with Crippen molar-refractivity contribution < 1.29 is 9.53 Å². The molecule has 0 spiro atoms. The first kappa shape index (κ1) is 15.6. The van der Waals surface area contributed by atoms with Crippen LogP contribution in [0.5, 0.6) is 0 Å². The van der Waals surface area contributed by atoms with Gasteiger partial charge in [-0.3, -0.25) is 9.36 Å². The van der Waals surface area contributed by atoms with Gasteiger partial charge in [-0.2, -0.15) is 0 Å². The largest absolute Gasteiger partial charge is 0.378 e. The molecule has 1 saturated carbocycles. The smallest absolute Gasteiger partial charge is 0.230 e. The highest BCUT2D eigenvalue weighted by atomic mass is 32.2. The third-order valence-electron chi connectivity index (χ3n) is 3.92. The normalized spacial score (nSPS) is 18.5. The second-order valence-electron chi connectivity index (χ2n) is 5.66. The lowest BCUT2D eigenvalue weighted by Gasteiger charge is -2.27. The van der Waals surface area contributed by atoms with Crippen LogP contribution in [0.4, 0.5) is 5.95 Å². The molecule has 8 heteroatoms. The SMILES string of the molecule is CCn1c(SCC(=O)NCC2CC2)nnc1N1CCOCC1. The van der Waals surface area contributed by atoms with Crippen LogP contribution in [0.15, 0.2) is 5.16 Å². The van der Waals surface area contributed by atoms with Crippen LogP contribution in [-0.4, -0.2) is 59.3 Å². The Kier molecular flexibility index (Phi) is 5.20. The van der Waals surface area contributed by atoms with Crippen LogP contribution in [0, 0.1) is 5.92 Å². The van der Waals surface area contributed by atoms with Gasteiger partial charge in [0, 0.05) is 26.2 Å². The molecule has 2 fully saturated rings.